The van der Waals surface area contributed by atoms with Crippen molar-refractivity contribution in [1.29, 1.82) is 0 Å². The van der Waals surface area contributed by atoms with E-state index < -0.39 is 10.0 Å². The lowest BCUT2D eigenvalue weighted by Gasteiger charge is -2.07. The molecular formula is C12H12ClN3O2S2. The first-order valence-electron chi connectivity index (χ1n) is 6.04. The summed E-state index contributed by atoms with van der Waals surface area (Å²) in [6.07, 6.45) is 3.97. The Morgan fingerprint density at radius 1 is 1.25 bits per heavy atom. The fraction of sp³-hybridized carbons (Fsp3) is 0.250. The molecule has 2 aromatic heterocycles. The summed E-state index contributed by atoms with van der Waals surface area (Å²) in [7, 11) is -3.61. The fourth-order valence-electron chi connectivity index (χ4n) is 1.63. The van der Waals surface area contributed by atoms with Gasteiger partial charge in [0.1, 0.15) is 10.0 Å². The van der Waals surface area contributed by atoms with Gasteiger partial charge in [-0.05, 0) is 37.1 Å². The average molecular weight is 330 g/mol. The number of nitrogens with one attached hydrogen (secondary N) is 2. The van der Waals surface area contributed by atoms with Crippen LogP contribution in [0.5, 0.6) is 0 Å². The number of hydrogen-bond acceptors (Lipinski definition) is 5. The number of thiophene rings is 1. The molecule has 0 saturated heterocycles. The molecule has 1 aliphatic rings. The summed E-state index contributed by atoms with van der Waals surface area (Å²) in [5.74, 6) is 0.288. The highest BCUT2D eigenvalue weighted by atomic mass is 35.5. The van der Waals surface area contributed by atoms with E-state index >= 15 is 0 Å². The van der Waals surface area contributed by atoms with Crippen LogP contribution in [0.3, 0.4) is 0 Å². The molecule has 1 aliphatic carbocycles. The highest BCUT2D eigenvalue weighted by Crippen LogP contribution is 2.27. The molecule has 3 rings (SSSR count). The third-order valence-corrected chi connectivity index (χ3v) is 5.84. The van der Waals surface area contributed by atoms with Crippen molar-refractivity contribution in [1.82, 2.24) is 4.98 Å². The molecule has 0 atom stereocenters. The van der Waals surface area contributed by atoms with Crippen molar-refractivity contribution in [2.75, 3.05) is 10.0 Å². The molecular weight excluding hydrogens is 318 g/mol. The molecule has 1 fully saturated rings. The highest BCUT2D eigenvalue weighted by molar-refractivity contribution is 7.94. The quantitative estimate of drug-likeness (QED) is 0.883. The monoisotopic (exact) mass is 329 g/mol. The Labute approximate surface area is 126 Å². The van der Waals surface area contributed by atoms with Gasteiger partial charge in [0.05, 0.1) is 16.2 Å². The van der Waals surface area contributed by atoms with Crippen LogP contribution in [-0.2, 0) is 10.0 Å². The molecule has 106 valence electrons. The van der Waals surface area contributed by atoms with E-state index in [1.54, 1.807) is 18.3 Å². The summed E-state index contributed by atoms with van der Waals surface area (Å²) in [6.45, 7) is 0. The van der Waals surface area contributed by atoms with E-state index in [4.69, 9.17) is 11.6 Å². The van der Waals surface area contributed by atoms with Crippen LogP contribution in [0.15, 0.2) is 34.7 Å². The number of sulfonamides is 1. The SMILES string of the molecule is O=S(=O)(Nc1ccc(NC2CC2)cn1)c1ccc(Cl)s1. The summed E-state index contributed by atoms with van der Waals surface area (Å²) >= 11 is 6.76. The second kappa shape index (κ2) is 5.23. The Kier molecular flexibility index (Phi) is 3.57. The van der Waals surface area contributed by atoms with Crippen LogP contribution >= 0.6 is 22.9 Å². The van der Waals surface area contributed by atoms with Crippen LogP contribution in [0.2, 0.25) is 4.34 Å². The van der Waals surface area contributed by atoms with Crippen LogP contribution in [0, 0.1) is 0 Å². The molecule has 0 aromatic carbocycles. The first-order valence-corrected chi connectivity index (χ1v) is 8.71. The second-order valence-corrected chi connectivity index (χ2v) is 8.14. The van der Waals surface area contributed by atoms with Crippen molar-refractivity contribution in [2.45, 2.75) is 23.1 Å². The predicted octanol–water partition coefficient (Wildman–Crippen LogP) is 3.17. The zero-order valence-corrected chi connectivity index (χ0v) is 12.7. The van der Waals surface area contributed by atoms with E-state index in [9.17, 15) is 8.42 Å². The summed E-state index contributed by atoms with van der Waals surface area (Å²) in [5, 5.41) is 3.29. The maximum Gasteiger partial charge on any atom is 0.272 e. The molecule has 0 bridgehead atoms. The van der Waals surface area contributed by atoms with Crippen LogP contribution in [0.25, 0.3) is 0 Å². The third-order valence-electron chi connectivity index (χ3n) is 2.76. The number of halogens is 1. The van der Waals surface area contributed by atoms with Crippen LogP contribution < -0.4 is 10.0 Å². The lowest BCUT2D eigenvalue weighted by Crippen LogP contribution is -2.12. The Morgan fingerprint density at radius 2 is 2.05 bits per heavy atom. The maximum absolute atomic E-state index is 12.1. The van der Waals surface area contributed by atoms with Gasteiger partial charge in [0.2, 0.25) is 0 Å². The van der Waals surface area contributed by atoms with Gasteiger partial charge in [-0.3, -0.25) is 4.72 Å². The molecule has 2 N–H and O–H groups in total. The van der Waals surface area contributed by atoms with E-state index in [0.29, 0.717) is 10.4 Å². The van der Waals surface area contributed by atoms with E-state index in [1.807, 2.05) is 6.07 Å². The predicted molar refractivity (Wildman–Crippen MR) is 81.0 cm³/mol. The second-order valence-electron chi connectivity index (χ2n) is 4.51. The van der Waals surface area contributed by atoms with E-state index in [0.717, 1.165) is 17.0 Å². The number of anilines is 2. The Bertz CT molecular complexity index is 709. The van der Waals surface area contributed by atoms with Crippen LogP contribution in [-0.4, -0.2) is 19.4 Å². The largest absolute Gasteiger partial charge is 0.381 e. The first-order chi connectivity index (χ1) is 9.53. The molecule has 0 radical (unpaired) electrons. The van der Waals surface area contributed by atoms with Gasteiger partial charge in [-0.25, -0.2) is 13.4 Å². The van der Waals surface area contributed by atoms with E-state index in [1.165, 1.54) is 18.9 Å². The van der Waals surface area contributed by atoms with Crippen molar-refractivity contribution >= 4 is 44.5 Å². The van der Waals surface area contributed by atoms with Gasteiger partial charge in [0.15, 0.2) is 0 Å². The number of hydrogen-bond donors (Lipinski definition) is 2. The number of rotatable bonds is 5. The van der Waals surface area contributed by atoms with Crippen molar-refractivity contribution in [3.63, 3.8) is 0 Å². The summed E-state index contributed by atoms with van der Waals surface area (Å²) in [4.78, 5) is 4.10. The van der Waals surface area contributed by atoms with Crippen LogP contribution in [0.1, 0.15) is 12.8 Å². The van der Waals surface area contributed by atoms with Gasteiger partial charge in [-0.1, -0.05) is 11.6 Å². The number of pyridine rings is 1. The molecule has 20 heavy (non-hydrogen) atoms. The van der Waals surface area contributed by atoms with Gasteiger partial charge in [0.25, 0.3) is 10.0 Å². The molecule has 2 heterocycles. The maximum atomic E-state index is 12.1. The normalized spacial score (nSPS) is 15.1. The molecule has 0 aliphatic heterocycles. The fourth-order valence-corrected chi connectivity index (χ4v) is 4.12. The minimum atomic E-state index is -3.61. The summed E-state index contributed by atoms with van der Waals surface area (Å²) in [5.41, 5.74) is 0.898. The standard InChI is InChI=1S/C12H12ClN3O2S2/c13-10-4-6-12(19-10)20(17,18)16-11-5-3-9(7-14-11)15-8-1-2-8/h3-8,15H,1-2H2,(H,14,16). The van der Waals surface area contributed by atoms with Gasteiger partial charge >= 0.3 is 0 Å². The minimum absolute atomic E-state index is 0.171. The topological polar surface area (TPSA) is 71.1 Å². The zero-order valence-electron chi connectivity index (χ0n) is 10.3. The van der Waals surface area contributed by atoms with E-state index in [2.05, 4.69) is 15.0 Å². The zero-order chi connectivity index (χ0) is 14.2. The van der Waals surface area contributed by atoms with Crippen molar-refractivity contribution < 1.29 is 8.42 Å². The van der Waals surface area contributed by atoms with Gasteiger partial charge in [-0.15, -0.1) is 11.3 Å². The van der Waals surface area contributed by atoms with Crippen molar-refractivity contribution in [3.8, 4) is 0 Å². The lowest BCUT2D eigenvalue weighted by molar-refractivity contribution is 0.603. The molecule has 8 heteroatoms. The van der Waals surface area contributed by atoms with Gasteiger partial charge in [0, 0.05) is 6.04 Å². The highest BCUT2D eigenvalue weighted by Gasteiger charge is 2.21. The molecule has 0 unspecified atom stereocenters. The van der Waals surface area contributed by atoms with Gasteiger partial charge < -0.3 is 5.32 Å². The molecule has 1 saturated carbocycles. The smallest absolute Gasteiger partial charge is 0.272 e. The summed E-state index contributed by atoms with van der Waals surface area (Å²) < 4.78 is 27.2. The third kappa shape index (κ3) is 3.23. The van der Waals surface area contributed by atoms with E-state index in [-0.39, 0.29) is 10.0 Å². The lowest BCUT2D eigenvalue weighted by atomic mass is 10.4. The molecule has 2 aromatic rings. The first kappa shape index (κ1) is 13.7. The van der Waals surface area contributed by atoms with Crippen molar-refractivity contribution in [2.24, 2.45) is 0 Å². The Morgan fingerprint density at radius 3 is 2.60 bits per heavy atom. The number of nitrogens with zero attached hydrogens (tertiary/aromatic N) is 1. The van der Waals surface area contributed by atoms with Gasteiger partial charge in [-0.2, -0.15) is 0 Å². The van der Waals surface area contributed by atoms with Crippen LogP contribution in [0.4, 0.5) is 11.5 Å². The van der Waals surface area contributed by atoms with Crippen molar-refractivity contribution in [3.05, 3.63) is 34.8 Å². The summed E-state index contributed by atoms with van der Waals surface area (Å²) in [6, 6.07) is 7.00. The average Bonchev–Trinajstić information content (AvgIpc) is 3.10. The molecule has 0 spiro atoms. The number of aromatic nitrogens is 1. The Hall–Kier alpha value is -1.31. The molecule has 0 amide bonds. The molecule has 5 nitrogen and oxygen atoms in total. The minimum Gasteiger partial charge on any atom is -0.381 e. The Balaban J connectivity index is 1.73.